The van der Waals surface area contributed by atoms with Crippen LogP contribution in [0.25, 0.3) is 11.3 Å². The van der Waals surface area contributed by atoms with Crippen molar-refractivity contribution in [2.45, 2.75) is 44.3 Å². The predicted molar refractivity (Wildman–Crippen MR) is 120 cm³/mol. The van der Waals surface area contributed by atoms with E-state index in [9.17, 15) is 9.18 Å². The SMILES string of the molecule is Cc1ccccc1CN1CC2CC(c3cn[nH]c3-c3ccc(F)cc3)N3CCC[C@@]23C1=O. The smallest absolute Gasteiger partial charge is 0.243 e. The minimum atomic E-state index is -0.384. The Bertz CT molecular complexity index is 1170. The van der Waals surface area contributed by atoms with Crippen LogP contribution in [0.1, 0.15) is 42.0 Å². The van der Waals surface area contributed by atoms with Crippen LogP contribution in [0.5, 0.6) is 0 Å². The number of carbonyl (C=O) groups is 1. The van der Waals surface area contributed by atoms with Crippen LogP contribution in [0.15, 0.2) is 54.7 Å². The first-order chi connectivity index (χ1) is 15.6. The number of likely N-dealkylation sites (tertiary alicyclic amines) is 1. The van der Waals surface area contributed by atoms with E-state index in [1.165, 1.54) is 23.3 Å². The van der Waals surface area contributed by atoms with Crippen molar-refractivity contribution in [3.63, 3.8) is 0 Å². The Balaban J connectivity index is 1.31. The number of amides is 1. The highest BCUT2D eigenvalue weighted by Crippen LogP contribution is 2.56. The number of H-pyrrole nitrogens is 1. The molecule has 5 nitrogen and oxygen atoms in total. The average molecular weight is 431 g/mol. The number of benzene rings is 2. The number of hydrogen-bond donors (Lipinski definition) is 1. The maximum atomic E-state index is 13.8. The molecular formula is C26H27FN4O. The summed E-state index contributed by atoms with van der Waals surface area (Å²) in [5.74, 6) is 0.364. The molecule has 0 aliphatic carbocycles. The molecule has 3 fully saturated rings. The van der Waals surface area contributed by atoms with Crippen molar-refractivity contribution in [1.82, 2.24) is 20.0 Å². The summed E-state index contributed by atoms with van der Waals surface area (Å²) in [5, 5.41) is 7.46. The summed E-state index contributed by atoms with van der Waals surface area (Å²) >= 11 is 0. The van der Waals surface area contributed by atoms with Gasteiger partial charge in [0.1, 0.15) is 11.4 Å². The van der Waals surface area contributed by atoms with Crippen molar-refractivity contribution in [2.24, 2.45) is 5.92 Å². The molecule has 32 heavy (non-hydrogen) atoms. The third kappa shape index (κ3) is 2.78. The Kier molecular flexibility index (Phi) is 4.47. The van der Waals surface area contributed by atoms with Crippen LogP contribution in [0.3, 0.4) is 0 Å². The molecule has 6 rings (SSSR count). The van der Waals surface area contributed by atoms with Crippen molar-refractivity contribution < 1.29 is 9.18 Å². The Morgan fingerprint density at radius 2 is 2.00 bits per heavy atom. The Morgan fingerprint density at radius 3 is 2.81 bits per heavy atom. The summed E-state index contributed by atoms with van der Waals surface area (Å²) < 4.78 is 13.4. The van der Waals surface area contributed by atoms with E-state index in [2.05, 4.69) is 45.1 Å². The molecule has 2 aromatic carbocycles. The van der Waals surface area contributed by atoms with E-state index >= 15 is 0 Å². The van der Waals surface area contributed by atoms with Gasteiger partial charge in [0.15, 0.2) is 0 Å². The van der Waals surface area contributed by atoms with Crippen molar-refractivity contribution in [3.05, 3.63) is 77.2 Å². The van der Waals surface area contributed by atoms with Gasteiger partial charge in [0.25, 0.3) is 0 Å². The van der Waals surface area contributed by atoms with E-state index in [1.807, 2.05) is 12.3 Å². The Morgan fingerprint density at radius 1 is 1.19 bits per heavy atom. The standard InChI is InChI=1S/C26H27FN4O/c1-17-5-2-3-6-19(17)15-30-16-20-13-23(31-12-4-11-26(20,31)25(30)32)22-14-28-29-24(22)18-7-9-21(27)10-8-18/h2-3,5-10,14,20,23H,4,11-13,15-16H2,1H3,(H,28,29)/t20?,23?,26-/m0/s1. The lowest BCUT2D eigenvalue weighted by atomic mass is 9.85. The lowest BCUT2D eigenvalue weighted by Crippen LogP contribution is -2.49. The molecule has 164 valence electrons. The van der Waals surface area contributed by atoms with Gasteiger partial charge in [-0.3, -0.25) is 14.8 Å². The maximum Gasteiger partial charge on any atom is 0.243 e. The molecule has 0 radical (unpaired) electrons. The average Bonchev–Trinajstić information content (AvgIpc) is 3.54. The minimum Gasteiger partial charge on any atom is -0.336 e. The topological polar surface area (TPSA) is 52.2 Å². The molecule has 0 bridgehead atoms. The highest BCUT2D eigenvalue weighted by atomic mass is 19.1. The third-order valence-electron chi connectivity index (χ3n) is 7.91. The number of rotatable bonds is 4. The van der Waals surface area contributed by atoms with Gasteiger partial charge in [-0.1, -0.05) is 24.3 Å². The number of aromatic nitrogens is 2. The zero-order valence-electron chi connectivity index (χ0n) is 18.2. The fourth-order valence-electron chi connectivity index (χ4n) is 6.40. The van der Waals surface area contributed by atoms with Crippen molar-refractivity contribution >= 4 is 5.91 Å². The number of carbonyl (C=O) groups excluding carboxylic acids is 1. The first-order valence-electron chi connectivity index (χ1n) is 11.5. The molecule has 1 spiro atoms. The van der Waals surface area contributed by atoms with Gasteiger partial charge in [0.05, 0.1) is 11.9 Å². The van der Waals surface area contributed by atoms with E-state index in [-0.39, 0.29) is 23.3 Å². The molecule has 4 heterocycles. The van der Waals surface area contributed by atoms with Crippen molar-refractivity contribution in [1.29, 1.82) is 0 Å². The van der Waals surface area contributed by atoms with Crippen LogP contribution in [0.2, 0.25) is 0 Å². The zero-order chi connectivity index (χ0) is 21.9. The van der Waals surface area contributed by atoms with Crippen molar-refractivity contribution in [2.75, 3.05) is 13.1 Å². The molecule has 3 aliphatic heterocycles. The van der Waals surface area contributed by atoms with E-state index in [0.29, 0.717) is 12.5 Å². The quantitative estimate of drug-likeness (QED) is 0.665. The van der Waals surface area contributed by atoms with Gasteiger partial charge >= 0.3 is 0 Å². The summed E-state index contributed by atoms with van der Waals surface area (Å²) in [6, 6.07) is 15.0. The maximum absolute atomic E-state index is 13.8. The lowest BCUT2D eigenvalue weighted by Gasteiger charge is -2.33. The van der Waals surface area contributed by atoms with Crippen LogP contribution >= 0.6 is 0 Å². The van der Waals surface area contributed by atoms with Gasteiger partial charge in [-0.25, -0.2) is 4.39 Å². The van der Waals surface area contributed by atoms with E-state index in [4.69, 9.17) is 0 Å². The Labute approximate surface area is 187 Å². The summed E-state index contributed by atoms with van der Waals surface area (Å²) in [4.78, 5) is 18.4. The normalized spacial score (nSPS) is 27.2. The second-order valence-electron chi connectivity index (χ2n) is 9.49. The molecule has 3 aromatic rings. The monoisotopic (exact) mass is 430 g/mol. The molecular weight excluding hydrogens is 403 g/mol. The van der Waals surface area contributed by atoms with E-state index in [1.54, 1.807) is 12.1 Å². The highest BCUT2D eigenvalue weighted by Gasteiger charge is 2.65. The summed E-state index contributed by atoms with van der Waals surface area (Å²) in [6.07, 6.45) is 4.82. The van der Waals surface area contributed by atoms with Gasteiger partial charge in [0, 0.05) is 36.2 Å². The largest absolute Gasteiger partial charge is 0.336 e. The fraction of sp³-hybridized carbons (Fsp3) is 0.385. The number of nitrogens with one attached hydrogen (secondary N) is 1. The predicted octanol–water partition coefficient (Wildman–Crippen LogP) is 4.46. The summed E-state index contributed by atoms with van der Waals surface area (Å²) in [7, 11) is 0. The zero-order valence-corrected chi connectivity index (χ0v) is 18.2. The number of halogens is 1. The van der Waals surface area contributed by atoms with E-state index in [0.717, 1.165) is 49.2 Å². The second-order valence-corrected chi connectivity index (χ2v) is 9.49. The van der Waals surface area contributed by atoms with Gasteiger partial charge in [0.2, 0.25) is 5.91 Å². The molecule has 2 unspecified atom stereocenters. The van der Waals surface area contributed by atoms with Gasteiger partial charge in [-0.2, -0.15) is 5.10 Å². The highest BCUT2D eigenvalue weighted by molar-refractivity contribution is 5.90. The fourth-order valence-corrected chi connectivity index (χ4v) is 6.40. The summed E-state index contributed by atoms with van der Waals surface area (Å²) in [5.41, 5.74) is 5.05. The molecule has 1 aromatic heterocycles. The molecule has 3 aliphatic rings. The van der Waals surface area contributed by atoms with Crippen LogP contribution in [-0.2, 0) is 11.3 Å². The number of aryl methyl sites for hydroxylation is 1. The molecule has 3 atom stereocenters. The van der Waals surface area contributed by atoms with Gasteiger partial charge in [-0.05, 0) is 68.1 Å². The van der Waals surface area contributed by atoms with E-state index < -0.39 is 0 Å². The van der Waals surface area contributed by atoms with Crippen molar-refractivity contribution in [3.8, 4) is 11.3 Å². The number of nitrogens with zero attached hydrogens (tertiary/aromatic N) is 3. The molecule has 6 heteroatoms. The molecule has 0 saturated carbocycles. The number of aromatic amines is 1. The lowest BCUT2D eigenvalue weighted by molar-refractivity contribution is -0.137. The van der Waals surface area contributed by atoms with Crippen LogP contribution in [0, 0.1) is 18.7 Å². The van der Waals surface area contributed by atoms with Crippen LogP contribution in [0.4, 0.5) is 4.39 Å². The summed E-state index contributed by atoms with van der Waals surface area (Å²) in [6.45, 7) is 4.54. The number of hydrogen-bond acceptors (Lipinski definition) is 3. The minimum absolute atomic E-state index is 0.158. The van der Waals surface area contributed by atoms with Crippen LogP contribution < -0.4 is 0 Å². The second kappa shape index (κ2) is 7.27. The first kappa shape index (κ1) is 19.7. The molecule has 1 amide bonds. The van der Waals surface area contributed by atoms with Gasteiger partial charge in [-0.15, -0.1) is 0 Å². The third-order valence-corrected chi connectivity index (χ3v) is 7.91. The molecule has 3 saturated heterocycles. The van der Waals surface area contributed by atoms with Crippen LogP contribution in [-0.4, -0.2) is 44.5 Å². The van der Waals surface area contributed by atoms with Gasteiger partial charge < -0.3 is 4.90 Å². The molecule has 1 N–H and O–H groups in total. The Hall–Kier alpha value is -2.99. The first-order valence-corrected chi connectivity index (χ1v) is 11.5.